The van der Waals surface area contributed by atoms with Gasteiger partial charge in [-0.25, -0.2) is 0 Å². The predicted molar refractivity (Wildman–Crippen MR) is 73.1 cm³/mol. The average molecular weight is 272 g/mol. The van der Waals surface area contributed by atoms with Crippen LogP contribution in [0.3, 0.4) is 0 Å². The van der Waals surface area contributed by atoms with Gasteiger partial charge in [-0.2, -0.15) is 0 Å². The van der Waals surface area contributed by atoms with Gasteiger partial charge in [0.05, 0.1) is 12.7 Å². The fourth-order valence-corrected chi connectivity index (χ4v) is 2.78. The molecule has 0 saturated carbocycles. The van der Waals surface area contributed by atoms with Crippen LogP contribution in [0.1, 0.15) is 46.5 Å². The van der Waals surface area contributed by atoms with Crippen molar-refractivity contribution in [1.29, 1.82) is 0 Å². The Kier molecular flexibility index (Phi) is 6.07. The van der Waals surface area contributed by atoms with Crippen molar-refractivity contribution in [1.82, 2.24) is 0 Å². The summed E-state index contributed by atoms with van der Waals surface area (Å²) in [6.07, 6.45) is 4.50. The largest absolute Gasteiger partial charge is 0.375 e. The summed E-state index contributed by atoms with van der Waals surface area (Å²) in [5, 5.41) is 0. The standard InChI is InChI=1S/C15H28O4/c1-4-6-8-16-13-11(3)14(17-9-7-5-2)15-18-10-12(13)19-15/h11-15H,4-10H2,1-3H3/t11-,12+,13-,14+,15-/m0/s1. The minimum Gasteiger partial charge on any atom is -0.375 e. The number of rotatable bonds is 8. The van der Waals surface area contributed by atoms with E-state index in [0.29, 0.717) is 12.5 Å². The van der Waals surface area contributed by atoms with E-state index < -0.39 is 0 Å². The van der Waals surface area contributed by atoms with E-state index in [-0.39, 0.29) is 24.6 Å². The van der Waals surface area contributed by atoms with E-state index in [9.17, 15) is 0 Å². The molecule has 0 aromatic carbocycles. The van der Waals surface area contributed by atoms with Gasteiger partial charge in [0.25, 0.3) is 0 Å². The zero-order valence-corrected chi connectivity index (χ0v) is 12.5. The molecule has 2 heterocycles. The first kappa shape index (κ1) is 15.2. The SMILES string of the molecule is CCCCO[C@H]1[C@H]2OC[C@@H](O2)[C@@H](OCCCC)[C@@H]1C. The van der Waals surface area contributed by atoms with Crippen molar-refractivity contribution >= 4 is 0 Å². The Morgan fingerprint density at radius 1 is 1.00 bits per heavy atom. The minimum atomic E-state index is -0.192. The second-order valence-electron chi connectivity index (χ2n) is 5.61. The highest BCUT2D eigenvalue weighted by atomic mass is 16.8. The van der Waals surface area contributed by atoms with Gasteiger partial charge in [0.1, 0.15) is 12.2 Å². The van der Waals surface area contributed by atoms with Crippen LogP contribution in [0, 0.1) is 5.92 Å². The van der Waals surface area contributed by atoms with Crippen molar-refractivity contribution in [3.8, 4) is 0 Å². The van der Waals surface area contributed by atoms with Crippen molar-refractivity contribution < 1.29 is 18.9 Å². The van der Waals surface area contributed by atoms with E-state index >= 15 is 0 Å². The maximum absolute atomic E-state index is 6.02. The monoisotopic (exact) mass is 272 g/mol. The first-order chi connectivity index (χ1) is 9.27. The highest BCUT2D eigenvalue weighted by Crippen LogP contribution is 2.35. The summed E-state index contributed by atoms with van der Waals surface area (Å²) in [6.45, 7) is 8.76. The zero-order valence-electron chi connectivity index (χ0n) is 12.5. The number of hydrogen-bond acceptors (Lipinski definition) is 4. The summed E-state index contributed by atoms with van der Waals surface area (Å²) in [6, 6.07) is 0. The molecule has 4 heteroatoms. The number of unbranched alkanes of at least 4 members (excludes halogenated alkanes) is 2. The number of ether oxygens (including phenoxy) is 4. The molecule has 4 nitrogen and oxygen atoms in total. The van der Waals surface area contributed by atoms with Crippen molar-refractivity contribution in [3.05, 3.63) is 0 Å². The molecule has 0 aromatic rings. The summed E-state index contributed by atoms with van der Waals surface area (Å²) >= 11 is 0. The molecule has 0 amide bonds. The van der Waals surface area contributed by atoms with Crippen LogP contribution in [0.5, 0.6) is 0 Å². The smallest absolute Gasteiger partial charge is 0.184 e. The summed E-state index contributed by atoms with van der Waals surface area (Å²) in [5.74, 6) is 0.333. The van der Waals surface area contributed by atoms with Gasteiger partial charge in [0.2, 0.25) is 0 Å². The second-order valence-corrected chi connectivity index (χ2v) is 5.61. The summed E-state index contributed by atoms with van der Waals surface area (Å²) in [7, 11) is 0. The number of fused-ring (bicyclic) bond motifs is 2. The van der Waals surface area contributed by atoms with E-state index in [1.807, 2.05) is 0 Å². The van der Waals surface area contributed by atoms with Crippen molar-refractivity contribution in [2.45, 2.75) is 71.1 Å². The Morgan fingerprint density at radius 3 is 2.26 bits per heavy atom. The van der Waals surface area contributed by atoms with Crippen LogP contribution in [0.2, 0.25) is 0 Å². The highest BCUT2D eigenvalue weighted by molar-refractivity contribution is 4.92. The molecule has 2 bridgehead atoms. The van der Waals surface area contributed by atoms with Crippen molar-refractivity contribution in [2.24, 2.45) is 5.92 Å². The molecule has 0 aliphatic carbocycles. The van der Waals surface area contributed by atoms with Crippen LogP contribution < -0.4 is 0 Å². The molecule has 19 heavy (non-hydrogen) atoms. The lowest BCUT2D eigenvalue weighted by molar-refractivity contribution is -0.230. The van der Waals surface area contributed by atoms with Crippen LogP contribution in [-0.4, -0.2) is 44.4 Å². The molecular weight excluding hydrogens is 244 g/mol. The lowest BCUT2D eigenvalue weighted by Crippen LogP contribution is -2.51. The van der Waals surface area contributed by atoms with E-state index in [0.717, 1.165) is 38.9 Å². The maximum atomic E-state index is 6.02. The molecule has 112 valence electrons. The lowest BCUT2D eigenvalue weighted by atomic mass is 9.92. The average Bonchev–Trinajstić information content (AvgIpc) is 2.84. The maximum Gasteiger partial charge on any atom is 0.184 e. The molecular formula is C15H28O4. The van der Waals surface area contributed by atoms with Gasteiger partial charge < -0.3 is 18.9 Å². The zero-order chi connectivity index (χ0) is 13.7. The van der Waals surface area contributed by atoms with Crippen LogP contribution in [0.25, 0.3) is 0 Å². The first-order valence-corrected chi connectivity index (χ1v) is 7.78. The third kappa shape index (κ3) is 3.69. The van der Waals surface area contributed by atoms with Gasteiger partial charge in [-0.3, -0.25) is 0 Å². The molecule has 2 aliphatic rings. The Balaban J connectivity index is 1.88. The fourth-order valence-electron chi connectivity index (χ4n) is 2.78. The molecule has 2 fully saturated rings. The normalized spacial score (nSPS) is 37.7. The van der Waals surface area contributed by atoms with E-state index in [2.05, 4.69) is 20.8 Å². The van der Waals surface area contributed by atoms with Gasteiger partial charge in [-0.15, -0.1) is 0 Å². The molecule has 0 radical (unpaired) electrons. The Bertz CT molecular complexity index is 235. The van der Waals surface area contributed by atoms with Crippen LogP contribution >= 0.6 is 0 Å². The molecule has 5 atom stereocenters. The van der Waals surface area contributed by atoms with Crippen LogP contribution in [-0.2, 0) is 18.9 Å². The van der Waals surface area contributed by atoms with Gasteiger partial charge >= 0.3 is 0 Å². The Labute approximate surface area is 116 Å². The Morgan fingerprint density at radius 2 is 1.63 bits per heavy atom. The molecule has 0 spiro atoms. The van der Waals surface area contributed by atoms with Gasteiger partial charge in [0, 0.05) is 19.1 Å². The van der Waals surface area contributed by atoms with Gasteiger partial charge in [0.15, 0.2) is 6.29 Å². The topological polar surface area (TPSA) is 36.9 Å². The Hall–Kier alpha value is -0.160. The van der Waals surface area contributed by atoms with Crippen LogP contribution in [0.15, 0.2) is 0 Å². The van der Waals surface area contributed by atoms with Gasteiger partial charge in [-0.1, -0.05) is 33.6 Å². The van der Waals surface area contributed by atoms with E-state index in [4.69, 9.17) is 18.9 Å². The quantitative estimate of drug-likeness (QED) is 0.637. The second kappa shape index (κ2) is 7.58. The predicted octanol–water partition coefficient (Wildman–Crippen LogP) is 2.75. The third-order valence-corrected chi connectivity index (χ3v) is 4.02. The minimum absolute atomic E-state index is 0.0110. The van der Waals surface area contributed by atoms with E-state index in [1.54, 1.807) is 0 Å². The molecule has 0 unspecified atom stereocenters. The molecule has 2 rings (SSSR count). The third-order valence-electron chi connectivity index (χ3n) is 4.02. The summed E-state index contributed by atoms with van der Waals surface area (Å²) in [5.41, 5.74) is 0. The summed E-state index contributed by atoms with van der Waals surface area (Å²) in [4.78, 5) is 0. The van der Waals surface area contributed by atoms with Crippen molar-refractivity contribution in [2.75, 3.05) is 19.8 Å². The molecule has 0 N–H and O–H groups in total. The molecule has 2 aliphatic heterocycles. The summed E-state index contributed by atoms with van der Waals surface area (Å²) < 4.78 is 23.6. The lowest BCUT2D eigenvalue weighted by Gasteiger charge is -2.39. The van der Waals surface area contributed by atoms with Gasteiger partial charge in [-0.05, 0) is 12.8 Å². The molecule has 0 aromatic heterocycles. The van der Waals surface area contributed by atoms with E-state index in [1.165, 1.54) is 0 Å². The van der Waals surface area contributed by atoms with Crippen molar-refractivity contribution in [3.63, 3.8) is 0 Å². The molecule has 2 saturated heterocycles. The first-order valence-electron chi connectivity index (χ1n) is 7.78. The van der Waals surface area contributed by atoms with Crippen LogP contribution in [0.4, 0.5) is 0 Å². The fraction of sp³-hybridized carbons (Fsp3) is 1.00. The number of hydrogen-bond donors (Lipinski definition) is 0. The highest BCUT2D eigenvalue weighted by Gasteiger charge is 2.49.